The molecule has 0 radical (unpaired) electrons. The highest BCUT2D eigenvalue weighted by Gasteiger charge is 2.02. The second kappa shape index (κ2) is 6.21. The van der Waals surface area contributed by atoms with Crippen LogP contribution < -0.4 is 5.32 Å². The largest absolute Gasteiger partial charge is 0.308 e. The summed E-state index contributed by atoms with van der Waals surface area (Å²) in [4.78, 5) is 1.29. The highest BCUT2D eigenvalue weighted by Crippen LogP contribution is 2.23. The van der Waals surface area contributed by atoms with Gasteiger partial charge in [-0.05, 0) is 51.8 Å². The van der Waals surface area contributed by atoms with E-state index in [0.29, 0.717) is 5.02 Å². The number of hydrogen-bond donors (Lipinski definition) is 1. The minimum absolute atomic E-state index is 0.713. The topological polar surface area (TPSA) is 12.0 Å². The fraction of sp³-hybridized carbons (Fsp3) is 0.167. The van der Waals surface area contributed by atoms with Crippen LogP contribution in [0.3, 0.4) is 0 Å². The summed E-state index contributed by atoms with van der Waals surface area (Å²) >= 11 is 17.2. The van der Waals surface area contributed by atoms with Crippen molar-refractivity contribution in [3.8, 4) is 0 Å². The summed E-state index contributed by atoms with van der Waals surface area (Å²) in [5.41, 5.74) is 1.02. The Kier molecular flexibility index (Phi) is 4.88. The molecule has 1 heterocycles. The lowest BCUT2D eigenvalue weighted by Crippen LogP contribution is -2.12. The van der Waals surface area contributed by atoms with Crippen LogP contribution in [0.5, 0.6) is 0 Å². The molecule has 5 heteroatoms. The molecule has 0 aliphatic rings. The van der Waals surface area contributed by atoms with Crippen LogP contribution in [0.25, 0.3) is 0 Å². The van der Waals surface area contributed by atoms with E-state index in [0.717, 1.165) is 27.5 Å². The number of thiophene rings is 1. The van der Waals surface area contributed by atoms with E-state index >= 15 is 0 Å². The molecule has 0 spiro atoms. The lowest BCUT2D eigenvalue weighted by atomic mass is 10.2. The third-order valence-electron chi connectivity index (χ3n) is 2.25. The Bertz CT molecular complexity index is 513. The van der Waals surface area contributed by atoms with E-state index < -0.39 is 0 Å². The van der Waals surface area contributed by atoms with E-state index in [1.54, 1.807) is 17.4 Å². The first kappa shape index (κ1) is 13.4. The molecule has 2 rings (SSSR count). The molecule has 0 amide bonds. The van der Waals surface area contributed by atoms with Crippen LogP contribution in [0.2, 0.25) is 10.0 Å². The van der Waals surface area contributed by atoms with Gasteiger partial charge in [0.2, 0.25) is 0 Å². The molecule has 2 aromatic rings. The second-order valence-corrected chi connectivity index (χ2v) is 6.94. The Morgan fingerprint density at radius 2 is 1.94 bits per heavy atom. The summed E-state index contributed by atoms with van der Waals surface area (Å²) in [6.45, 7) is 1.55. The second-order valence-electron chi connectivity index (χ2n) is 3.55. The first-order chi connectivity index (χ1) is 8.15. The Labute approximate surface area is 123 Å². The van der Waals surface area contributed by atoms with Gasteiger partial charge in [0, 0.05) is 28.0 Å². The van der Waals surface area contributed by atoms with Crippen LogP contribution in [0, 0.1) is 0 Å². The number of benzene rings is 1. The number of halogens is 3. The molecule has 1 aromatic carbocycles. The molecular formula is C12H10BrCl2NS. The molecule has 0 bridgehead atoms. The molecule has 17 heavy (non-hydrogen) atoms. The zero-order chi connectivity index (χ0) is 12.3. The minimum atomic E-state index is 0.713. The zero-order valence-corrected chi connectivity index (χ0v) is 12.8. The van der Waals surface area contributed by atoms with Gasteiger partial charge < -0.3 is 5.32 Å². The van der Waals surface area contributed by atoms with Crippen molar-refractivity contribution in [2.75, 3.05) is 0 Å². The molecule has 0 fully saturated rings. The van der Waals surface area contributed by atoms with Crippen LogP contribution in [0.15, 0.2) is 34.1 Å². The number of hydrogen-bond acceptors (Lipinski definition) is 2. The molecule has 1 N–H and O–H groups in total. The lowest BCUT2D eigenvalue weighted by Gasteiger charge is -2.06. The summed E-state index contributed by atoms with van der Waals surface area (Å²) < 4.78 is 1.15. The van der Waals surface area contributed by atoms with Crippen molar-refractivity contribution >= 4 is 50.5 Å². The molecule has 0 saturated heterocycles. The van der Waals surface area contributed by atoms with E-state index in [1.165, 1.54) is 4.88 Å². The fourth-order valence-electron chi connectivity index (χ4n) is 1.45. The van der Waals surface area contributed by atoms with E-state index in [1.807, 2.05) is 18.2 Å². The molecule has 0 atom stereocenters. The van der Waals surface area contributed by atoms with Gasteiger partial charge in [0.1, 0.15) is 0 Å². The molecule has 1 nitrogen and oxygen atoms in total. The van der Waals surface area contributed by atoms with Gasteiger partial charge in [-0.15, -0.1) is 11.3 Å². The van der Waals surface area contributed by atoms with E-state index in [-0.39, 0.29) is 0 Å². The zero-order valence-electron chi connectivity index (χ0n) is 8.84. The quantitative estimate of drug-likeness (QED) is 0.808. The van der Waals surface area contributed by atoms with Gasteiger partial charge in [0.05, 0.1) is 3.79 Å². The lowest BCUT2D eigenvalue weighted by molar-refractivity contribution is 0.701. The summed E-state index contributed by atoms with van der Waals surface area (Å²) in [5.74, 6) is 0. The van der Waals surface area contributed by atoms with Crippen molar-refractivity contribution < 1.29 is 0 Å². The van der Waals surface area contributed by atoms with E-state index in [2.05, 4.69) is 27.3 Å². The summed E-state index contributed by atoms with van der Waals surface area (Å²) in [6.07, 6.45) is 0. The molecule has 0 saturated carbocycles. The van der Waals surface area contributed by atoms with Gasteiger partial charge in [0.25, 0.3) is 0 Å². The summed E-state index contributed by atoms with van der Waals surface area (Å²) in [5, 5.41) is 4.80. The monoisotopic (exact) mass is 349 g/mol. The number of nitrogens with one attached hydrogen (secondary N) is 1. The van der Waals surface area contributed by atoms with Crippen molar-refractivity contribution in [3.63, 3.8) is 0 Å². The van der Waals surface area contributed by atoms with Crippen LogP contribution in [0.1, 0.15) is 10.4 Å². The van der Waals surface area contributed by atoms with Gasteiger partial charge in [-0.2, -0.15) is 0 Å². The Morgan fingerprint density at radius 3 is 2.65 bits per heavy atom. The third kappa shape index (κ3) is 3.97. The van der Waals surface area contributed by atoms with Crippen molar-refractivity contribution in [2.45, 2.75) is 13.1 Å². The molecule has 90 valence electrons. The van der Waals surface area contributed by atoms with Gasteiger partial charge >= 0.3 is 0 Å². The Balaban J connectivity index is 1.91. The van der Waals surface area contributed by atoms with Crippen LogP contribution >= 0.6 is 50.5 Å². The minimum Gasteiger partial charge on any atom is -0.308 e. The van der Waals surface area contributed by atoms with Crippen LogP contribution in [-0.2, 0) is 13.1 Å². The molecule has 0 aliphatic heterocycles. The van der Waals surface area contributed by atoms with E-state index in [4.69, 9.17) is 23.2 Å². The summed E-state index contributed by atoms with van der Waals surface area (Å²) in [7, 11) is 0. The molecular weight excluding hydrogens is 341 g/mol. The van der Waals surface area contributed by atoms with Gasteiger partial charge in [-0.3, -0.25) is 0 Å². The van der Waals surface area contributed by atoms with Crippen molar-refractivity contribution in [1.82, 2.24) is 5.32 Å². The van der Waals surface area contributed by atoms with Gasteiger partial charge in [0.15, 0.2) is 0 Å². The third-order valence-corrected chi connectivity index (χ3v) is 4.48. The Hall–Kier alpha value is -0.0600. The predicted molar refractivity (Wildman–Crippen MR) is 79.0 cm³/mol. The first-order valence-corrected chi connectivity index (χ1v) is 7.40. The maximum absolute atomic E-state index is 6.08. The molecule has 0 aliphatic carbocycles. The standard InChI is InChI=1S/C12H10BrCl2NS/c13-12-4-2-10(17-12)7-16-6-8-5-9(14)1-3-11(8)15/h1-5,16H,6-7H2. The van der Waals surface area contributed by atoms with Crippen LogP contribution in [-0.4, -0.2) is 0 Å². The smallest absolute Gasteiger partial charge is 0.0701 e. The normalized spacial score (nSPS) is 10.8. The van der Waals surface area contributed by atoms with E-state index in [9.17, 15) is 0 Å². The van der Waals surface area contributed by atoms with Crippen molar-refractivity contribution in [1.29, 1.82) is 0 Å². The SMILES string of the molecule is Clc1ccc(Cl)c(CNCc2ccc(Br)s2)c1. The first-order valence-electron chi connectivity index (χ1n) is 5.04. The highest BCUT2D eigenvalue weighted by molar-refractivity contribution is 9.11. The average molecular weight is 351 g/mol. The molecule has 1 aromatic heterocycles. The maximum atomic E-state index is 6.08. The van der Waals surface area contributed by atoms with Crippen LogP contribution in [0.4, 0.5) is 0 Å². The number of rotatable bonds is 4. The fourth-order valence-corrected chi connectivity index (χ4v) is 3.28. The van der Waals surface area contributed by atoms with Gasteiger partial charge in [-0.1, -0.05) is 23.2 Å². The highest BCUT2D eigenvalue weighted by atomic mass is 79.9. The Morgan fingerprint density at radius 1 is 1.12 bits per heavy atom. The maximum Gasteiger partial charge on any atom is 0.0701 e. The van der Waals surface area contributed by atoms with Crippen molar-refractivity contribution in [2.24, 2.45) is 0 Å². The predicted octanol–water partition coefficient (Wildman–Crippen LogP) is 5.11. The molecule has 0 unspecified atom stereocenters. The average Bonchev–Trinajstić information content (AvgIpc) is 2.69. The van der Waals surface area contributed by atoms with Crippen molar-refractivity contribution in [3.05, 3.63) is 54.6 Å². The summed E-state index contributed by atoms with van der Waals surface area (Å²) in [6, 6.07) is 9.66. The van der Waals surface area contributed by atoms with Gasteiger partial charge in [-0.25, -0.2) is 0 Å².